The molecule has 70 valence electrons. The van der Waals surface area contributed by atoms with Crippen LogP contribution in [0.5, 0.6) is 0 Å². The Morgan fingerprint density at radius 2 is 1.09 bits per heavy atom. The van der Waals surface area contributed by atoms with Gasteiger partial charge in [-0.2, -0.15) is 0 Å². The van der Waals surface area contributed by atoms with Crippen LogP contribution < -0.4 is 22.5 Å². The summed E-state index contributed by atoms with van der Waals surface area (Å²) in [5, 5.41) is 15.0. The summed E-state index contributed by atoms with van der Waals surface area (Å²) in [7, 11) is 0. The van der Waals surface area contributed by atoms with Crippen molar-refractivity contribution < 1.29 is 36.3 Å². The molecule has 11 heavy (non-hydrogen) atoms. The number of nitrogens with one attached hydrogen (secondary N) is 2. The molecule has 8 nitrogen and oxygen atoms in total. The Balaban J connectivity index is -0.000000107. The molecule has 0 spiro atoms. The van der Waals surface area contributed by atoms with Crippen molar-refractivity contribution in [3.63, 3.8) is 0 Å². The molecule has 0 radical (unpaired) electrons. The molecule has 0 aliphatic rings. The molecule has 0 unspecified atom stereocenters. The smallest absolute Gasteiger partial charge is 0.418 e. The second-order valence-electron chi connectivity index (χ2n) is 0.899. The van der Waals surface area contributed by atoms with Gasteiger partial charge in [0, 0.05) is 16.5 Å². The molecule has 0 heterocycles. The predicted octanol–water partition coefficient (Wildman–Crippen LogP) is -1.75. The molecule has 0 aromatic carbocycles. The molecule has 0 atom stereocenters. The van der Waals surface area contributed by atoms with Gasteiger partial charge in [0.1, 0.15) is 0 Å². The van der Waals surface area contributed by atoms with Gasteiger partial charge in [-0.1, -0.05) is 0 Å². The van der Waals surface area contributed by atoms with Crippen LogP contribution in [0, 0.1) is 0 Å². The Labute approximate surface area is 71.8 Å². The number of carbonyl (C=O) groups is 2. The van der Waals surface area contributed by atoms with E-state index < -0.39 is 12.2 Å². The van der Waals surface area contributed by atoms with Gasteiger partial charge in [-0.3, -0.25) is 10.9 Å². The van der Waals surface area contributed by atoms with Crippen LogP contribution in [-0.2, 0) is 16.5 Å². The molecular formula is C2H8N4NiO4. The maximum atomic E-state index is 9.13. The van der Waals surface area contributed by atoms with Crippen molar-refractivity contribution in [2.75, 3.05) is 0 Å². The van der Waals surface area contributed by atoms with E-state index in [1.165, 1.54) is 10.9 Å². The summed E-state index contributed by atoms with van der Waals surface area (Å²) in [4.78, 5) is 18.3. The molecule has 0 rings (SSSR count). The van der Waals surface area contributed by atoms with Gasteiger partial charge in [0.15, 0.2) is 0 Å². The van der Waals surface area contributed by atoms with E-state index in [1.807, 2.05) is 0 Å². The average Bonchev–Trinajstić information content (AvgIpc) is 1.89. The number of nitrogens with two attached hydrogens (primary N) is 2. The minimum atomic E-state index is -1.22. The molecule has 2 amide bonds. The number of hydrogen-bond acceptors (Lipinski definition) is 4. The van der Waals surface area contributed by atoms with E-state index in [4.69, 9.17) is 19.8 Å². The third kappa shape index (κ3) is 49.6. The van der Waals surface area contributed by atoms with Crippen LogP contribution in [-0.4, -0.2) is 22.4 Å². The quantitative estimate of drug-likeness (QED) is 0.121. The minimum absolute atomic E-state index is 0. The van der Waals surface area contributed by atoms with Crippen molar-refractivity contribution in [2.24, 2.45) is 11.7 Å². The molecule has 0 aromatic rings. The maximum Gasteiger partial charge on any atom is 0.418 e. The zero-order chi connectivity index (χ0) is 8.57. The van der Waals surface area contributed by atoms with Gasteiger partial charge in [0.25, 0.3) is 0 Å². The van der Waals surface area contributed by atoms with E-state index in [1.54, 1.807) is 0 Å². The molecule has 0 aliphatic heterocycles. The van der Waals surface area contributed by atoms with Gasteiger partial charge in [0.2, 0.25) is 0 Å². The fourth-order valence-electron chi connectivity index (χ4n) is 0. The maximum absolute atomic E-state index is 9.13. The standard InChI is InChI=1S/2CH4N2O2.Ni/c2*2-3-1(4)5;/h2*3H,2H2,(H,4,5);. The van der Waals surface area contributed by atoms with Crippen molar-refractivity contribution in [1.29, 1.82) is 0 Å². The van der Waals surface area contributed by atoms with Crippen molar-refractivity contribution in [3.05, 3.63) is 0 Å². The Kier molecular flexibility index (Phi) is 17.6. The Morgan fingerprint density at radius 3 is 1.09 bits per heavy atom. The first-order valence-electron chi connectivity index (χ1n) is 1.93. The molecule has 0 saturated heterocycles. The van der Waals surface area contributed by atoms with E-state index in [2.05, 4.69) is 11.7 Å². The fraction of sp³-hybridized carbons (Fsp3) is 0. The summed E-state index contributed by atoms with van der Waals surface area (Å²) < 4.78 is 0. The van der Waals surface area contributed by atoms with E-state index >= 15 is 0 Å². The van der Waals surface area contributed by atoms with Crippen LogP contribution in [0.1, 0.15) is 0 Å². The fourth-order valence-corrected chi connectivity index (χ4v) is 0. The number of rotatable bonds is 0. The largest absolute Gasteiger partial charge is 0.464 e. The summed E-state index contributed by atoms with van der Waals surface area (Å²) in [6.45, 7) is 0. The SMILES string of the molecule is NNC(=O)O.NNC(=O)O.[Ni]. The average molecular weight is 211 g/mol. The van der Waals surface area contributed by atoms with Gasteiger partial charge >= 0.3 is 12.2 Å². The predicted molar refractivity (Wildman–Crippen MR) is 30.7 cm³/mol. The van der Waals surface area contributed by atoms with E-state index in [0.29, 0.717) is 0 Å². The topological polar surface area (TPSA) is 151 Å². The van der Waals surface area contributed by atoms with Crippen molar-refractivity contribution >= 4 is 12.2 Å². The zero-order valence-electron chi connectivity index (χ0n) is 5.18. The molecule has 0 bridgehead atoms. The Bertz CT molecular complexity index is 105. The first-order chi connectivity index (χ1) is 4.54. The summed E-state index contributed by atoms with van der Waals surface area (Å²) in [5.41, 5.74) is 2.89. The molecule has 9 heteroatoms. The summed E-state index contributed by atoms with van der Waals surface area (Å²) >= 11 is 0. The molecule has 8 N–H and O–H groups in total. The summed E-state index contributed by atoms with van der Waals surface area (Å²) in [6.07, 6.45) is -2.44. The van der Waals surface area contributed by atoms with Crippen LogP contribution in [0.15, 0.2) is 0 Å². The molecular weight excluding hydrogens is 203 g/mol. The second-order valence-corrected chi connectivity index (χ2v) is 0.899. The first kappa shape index (κ1) is 16.5. The van der Waals surface area contributed by atoms with Gasteiger partial charge in [-0.25, -0.2) is 21.3 Å². The zero-order valence-corrected chi connectivity index (χ0v) is 6.17. The number of carboxylic acid groups (broad SMARTS) is 2. The number of hydrogen-bond donors (Lipinski definition) is 6. The Hall–Kier alpha value is -1.05. The Morgan fingerprint density at radius 1 is 1.00 bits per heavy atom. The van der Waals surface area contributed by atoms with Crippen molar-refractivity contribution in [3.8, 4) is 0 Å². The van der Waals surface area contributed by atoms with E-state index in [0.717, 1.165) is 0 Å². The van der Waals surface area contributed by atoms with Crippen LogP contribution in [0.3, 0.4) is 0 Å². The molecule has 0 saturated carbocycles. The second kappa shape index (κ2) is 11.7. The van der Waals surface area contributed by atoms with Gasteiger partial charge in [-0.05, 0) is 0 Å². The van der Waals surface area contributed by atoms with Crippen molar-refractivity contribution in [2.45, 2.75) is 0 Å². The first-order valence-corrected chi connectivity index (χ1v) is 1.93. The van der Waals surface area contributed by atoms with E-state index in [9.17, 15) is 0 Å². The van der Waals surface area contributed by atoms with Crippen LogP contribution in [0.25, 0.3) is 0 Å². The third-order valence-electron chi connectivity index (χ3n) is 0.247. The summed E-state index contributed by atoms with van der Waals surface area (Å²) in [5.74, 6) is 8.64. The van der Waals surface area contributed by atoms with Crippen molar-refractivity contribution in [1.82, 2.24) is 10.9 Å². The third-order valence-corrected chi connectivity index (χ3v) is 0.247. The van der Waals surface area contributed by atoms with Crippen LogP contribution >= 0.6 is 0 Å². The summed E-state index contributed by atoms with van der Waals surface area (Å²) in [6, 6.07) is 0. The van der Waals surface area contributed by atoms with Crippen LogP contribution in [0.2, 0.25) is 0 Å². The number of hydrazine groups is 2. The van der Waals surface area contributed by atoms with E-state index in [-0.39, 0.29) is 16.5 Å². The van der Waals surface area contributed by atoms with Gasteiger partial charge in [-0.15, -0.1) is 0 Å². The minimum Gasteiger partial charge on any atom is -0.464 e. The normalized spacial score (nSPS) is 6.00. The molecule has 0 fully saturated rings. The van der Waals surface area contributed by atoms with Crippen LogP contribution in [0.4, 0.5) is 9.59 Å². The van der Waals surface area contributed by atoms with Gasteiger partial charge in [0.05, 0.1) is 0 Å². The monoisotopic (exact) mass is 210 g/mol. The molecule has 0 aromatic heterocycles. The van der Waals surface area contributed by atoms with Gasteiger partial charge < -0.3 is 10.2 Å². The number of amides is 2. The molecule has 0 aliphatic carbocycles.